The van der Waals surface area contributed by atoms with Crippen LogP contribution in [0.4, 0.5) is 17.1 Å². The SMILES string of the molecule is c1ccc(-c2ccc(-c3ccc(N(c4ccc(-c5ccccc5-c5ccccc5)cc4)c4ccc(-c5ccccc5-c5ccc6ccccc6c5)cc4)cc3)cc2)cc1. The van der Waals surface area contributed by atoms with Crippen molar-refractivity contribution in [1.29, 1.82) is 0 Å². The smallest absolute Gasteiger partial charge is 0.0462 e. The van der Waals surface area contributed by atoms with Crippen LogP contribution >= 0.6 is 0 Å². The Balaban J connectivity index is 1.01. The summed E-state index contributed by atoms with van der Waals surface area (Å²) in [6.45, 7) is 0. The fraction of sp³-hybridized carbons (Fsp3) is 0. The molecule has 0 fully saturated rings. The monoisotopic (exact) mass is 751 g/mol. The zero-order chi connectivity index (χ0) is 39.4. The minimum absolute atomic E-state index is 1.09. The lowest BCUT2D eigenvalue weighted by Gasteiger charge is -2.26. The van der Waals surface area contributed by atoms with Crippen molar-refractivity contribution in [2.75, 3.05) is 4.90 Å². The first-order chi connectivity index (χ1) is 29.2. The summed E-state index contributed by atoms with van der Waals surface area (Å²) in [7, 11) is 0. The van der Waals surface area contributed by atoms with Gasteiger partial charge in [-0.2, -0.15) is 0 Å². The molecule has 0 spiro atoms. The van der Waals surface area contributed by atoms with Crippen molar-refractivity contribution < 1.29 is 0 Å². The maximum atomic E-state index is 2.36. The van der Waals surface area contributed by atoms with E-state index in [0.29, 0.717) is 0 Å². The Hall–Kier alpha value is -7.74. The molecular formula is C58H41N. The second kappa shape index (κ2) is 16.0. The molecule has 0 bridgehead atoms. The molecule has 0 saturated carbocycles. The molecule has 0 heterocycles. The summed E-state index contributed by atoms with van der Waals surface area (Å²) in [4.78, 5) is 2.36. The van der Waals surface area contributed by atoms with Gasteiger partial charge in [-0.05, 0) is 120 Å². The molecule has 278 valence electrons. The Morgan fingerprint density at radius 3 is 0.932 bits per heavy atom. The highest BCUT2D eigenvalue weighted by atomic mass is 15.1. The second-order valence-electron chi connectivity index (χ2n) is 14.9. The lowest BCUT2D eigenvalue weighted by molar-refractivity contribution is 1.28. The van der Waals surface area contributed by atoms with Gasteiger partial charge in [0.2, 0.25) is 0 Å². The molecule has 10 rings (SSSR count). The summed E-state index contributed by atoms with van der Waals surface area (Å²) in [6, 6.07) is 89.7. The Kier molecular flexibility index (Phi) is 9.68. The van der Waals surface area contributed by atoms with Gasteiger partial charge in [-0.25, -0.2) is 0 Å². The Bertz CT molecular complexity index is 2980. The van der Waals surface area contributed by atoms with Gasteiger partial charge in [-0.1, -0.05) is 206 Å². The maximum absolute atomic E-state index is 2.36. The van der Waals surface area contributed by atoms with Crippen LogP contribution in [0.5, 0.6) is 0 Å². The predicted octanol–water partition coefficient (Wildman–Crippen LogP) is 16.3. The van der Waals surface area contributed by atoms with Gasteiger partial charge in [0.15, 0.2) is 0 Å². The van der Waals surface area contributed by atoms with Crippen LogP contribution in [0.2, 0.25) is 0 Å². The third-order valence-corrected chi connectivity index (χ3v) is 11.3. The molecule has 1 nitrogen and oxygen atoms in total. The highest BCUT2D eigenvalue weighted by molar-refractivity contribution is 5.92. The summed E-state index contributed by atoms with van der Waals surface area (Å²) in [5.41, 5.74) is 17.8. The van der Waals surface area contributed by atoms with E-state index in [2.05, 4.69) is 254 Å². The third kappa shape index (κ3) is 7.34. The van der Waals surface area contributed by atoms with Gasteiger partial charge in [-0.15, -0.1) is 0 Å². The molecule has 0 radical (unpaired) electrons. The normalized spacial score (nSPS) is 11.1. The average molecular weight is 752 g/mol. The standard InChI is InChI=1S/C58H41N/c1-3-13-42(14-4-1)44-23-25-45(26-24-44)46-29-35-52(36-30-46)59(53-37-31-48(32-38-53)56-20-10-9-19-55(56)47-16-5-2-6-17-47)54-39-33-49(34-40-54)57-21-11-12-22-58(57)51-28-27-43-15-7-8-18-50(43)41-51/h1-41H. The van der Waals surface area contributed by atoms with Gasteiger partial charge in [-0.3, -0.25) is 0 Å². The molecule has 59 heavy (non-hydrogen) atoms. The number of hydrogen-bond acceptors (Lipinski definition) is 1. The summed E-state index contributed by atoms with van der Waals surface area (Å²) in [6.07, 6.45) is 0. The lowest BCUT2D eigenvalue weighted by Crippen LogP contribution is -2.09. The number of benzene rings is 10. The molecule has 0 aromatic heterocycles. The van der Waals surface area contributed by atoms with Gasteiger partial charge in [0.1, 0.15) is 0 Å². The quantitative estimate of drug-likeness (QED) is 0.142. The van der Waals surface area contributed by atoms with Crippen LogP contribution in [-0.4, -0.2) is 0 Å². The highest BCUT2D eigenvalue weighted by Gasteiger charge is 2.16. The molecule has 0 aliphatic carbocycles. The first kappa shape index (κ1) is 35.7. The molecule has 0 saturated heterocycles. The van der Waals surface area contributed by atoms with E-state index >= 15 is 0 Å². The van der Waals surface area contributed by atoms with E-state index in [1.165, 1.54) is 77.5 Å². The lowest BCUT2D eigenvalue weighted by atomic mass is 9.93. The van der Waals surface area contributed by atoms with Crippen LogP contribution in [0, 0.1) is 0 Å². The van der Waals surface area contributed by atoms with Gasteiger partial charge < -0.3 is 4.90 Å². The van der Waals surface area contributed by atoms with Crippen LogP contribution in [0.25, 0.3) is 77.5 Å². The zero-order valence-corrected chi connectivity index (χ0v) is 32.6. The number of anilines is 3. The van der Waals surface area contributed by atoms with Crippen molar-refractivity contribution in [3.8, 4) is 66.8 Å². The second-order valence-corrected chi connectivity index (χ2v) is 14.9. The Morgan fingerprint density at radius 1 is 0.186 bits per heavy atom. The van der Waals surface area contributed by atoms with Crippen molar-refractivity contribution in [1.82, 2.24) is 0 Å². The molecule has 1 heteroatoms. The van der Waals surface area contributed by atoms with Gasteiger partial charge in [0, 0.05) is 17.1 Å². The number of nitrogens with zero attached hydrogens (tertiary/aromatic N) is 1. The van der Waals surface area contributed by atoms with Crippen LogP contribution in [0.1, 0.15) is 0 Å². The van der Waals surface area contributed by atoms with Crippen molar-refractivity contribution in [2.24, 2.45) is 0 Å². The largest absolute Gasteiger partial charge is 0.311 e. The maximum Gasteiger partial charge on any atom is 0.0462 e. The molecule has 0 aliphatic rings. The fourth-order valence-electron chi connectivity index (χ4n) is 8.26. The first-order valence-electron chi connectivity index (χ1n) is 20.2. The average Bonchev–Trinajstić information content (AvgIpc) is 3.33. The zero-order valence-electron chi connectivity index (χ0n) is 32.6. The van der Waals surface area contributed by atoms with Crippen LogP contribution in [0.3, 0.4) is 0 Å². The van der Waals surface area contributed by atoms with E-state index in [1.807, 2.05) is 0 Å². The summed E-state index contributed by atoms with van der Waals surface area (Å²) in [5.74, 6) is 0. The van der Waals surface area contributed by atoms with E-state index in [1.54, 1.807) is 0 Å². The molecule has 0 unspecified atom stereocenters. The molecule has 0 amide bonds. The molecule has 10 aromatic carbocycles. The van der Waals surface area contributed by atoms with Crippen molar-refractivity contribution >= 4 is 27.8 Å². The van der Waals surface area contributed by atoms with Gasteiger partial charge in [0.05, 0.1) is 0 Å². The topological polar surface area (TPSA) is 3.24 Å². The van der Waals surface area contributed by atoms with E-state index in [-0.39, 0.29) is 0 Å². The molecule has 10 aromatic rings. The predicted molar refractivity (Wildman–Crippen MR) is 251 cm³/mol. The van der Waals surface area contributed by atoms with Crippen molar-refractivity contribution in [3.63, 3.8) is 0 Å². The van der Waals surface area contributed by atoms with Gasteiger partial charge in [0.25, 0.3) is 0 Å². The Labute approximate surface area is 346 Å². The van der Waals surface area contributed by atoms with Crippen LogP contribution in [-0.2, 0) is 0 Å². The van der Waals surface area contributed by atoms with Crippen molar-refractivity contribution in [3.05, 3.63) is 249 Å². The Morgan fingerprint density at radius 2 is 0.475 bits per heavy atom. The minimum Gasteiger partial charge on any atom is -0.311 e. The summed E-state index contributed by atoms with van der Waals surface area (Å²) in [5, 5.41) is 2.50. The van der Waals surface area contributed by atoms with E-state index in [4.69, 9.17) is 0 Å². The van der Waals surface area contributed by atoms with E-state index < -0.39 is 0 Å². The summed E-state index contributed by atoms with van der Waals surface area (Å²) < 4.78 is 0. The molecule has 0 N–H and O–H groups in total. The minimum atomic E-state index is 1.09. The molecule has 0 aliphatic heterocycles. The van der Waals surface area contributed by atoms with E-state index in [9.17, 15) is 0 Å². The fourth-order valence-corrected chi connectivity index (χ4v) is 8.26. The molecule has 0 atom stereocenters. The molecular weight excluding hydrogens is 711 g/mol. The van der Waals surface area contributed by atoms with Crippen LogP contribution in [0.15, 0.2) is 249 Å². The third-order valence-electron chi connectivity index (χ3n) is 11.3. The number of hydrogen-bond donors (Lipinski definition) is 0. The number of fused-ring (bicyclic) bond motifs is 1. The number of rotatable bonds is 9. The van der Waals surface area contributed by atoms with Gasteiger partial charge >= 0.3 is 0 Å². The van der Waals surface area contributed by atoms with Crippen molar-refractivity contribution in [2.45, 2.75) is 0 Å². The van der Waals surface area contributed by atoms with Crippen LogP contribution < -0.4 is 4.90 Å². The highest BCUT2D eigenvalue weighted by Crippen LogP contribution is 2.40. The van der Waals surface area contributed by atoms with E-state index in [0.717, 1.165) is 17.1 Å². The first-order valence-corrected chi connectivity index (χ1v) is 20.2. The summed E-state index contributed by atoms with van der Waals surface area (Å²) >= 11 is 0.